The van der Waals surface area contributed by atoms with Crippen molar-refractivity contribution in [3.8, 4) is 0 Å². The summed E-state index contributed by atoms with van der Waals surface area (Å²) in [6.45, 7) is 2.84. The molecular weight excluding hydrogens is 346 g/mol. The maximum atomic E-state index is 11.8. The summed E-state index contributed by atoms with van der Waals surface area (Å²) in [5.74, 6) is -0.765. The quantitative estimate of drug-likeness (QED) is 0.741. The van der Waals surface area contributed by atoms with Gasteiger partial charge in [0.1, 0.15) is 17.1 Å². The van der Waals surface area contributed by atoms with Crippen molar-refractivity contribution in [3.05, 3.63) is 58.9 Å². The molecule has 1 saturated heterocycles. The first-order chi connectivity index (χ1) is 12.7. The first-order valence-corrected chi connectivity index (χ1v) is 9.78. The van der Waals surface area contributed by atoms with Gasteiger partial charge in [-0.15, -0.1) is 11.3 Å². The SMILES string of the molecule is CCc1ccc(C(c2nc3ccccc3s2)N2CCCC2C(=O)O)nc1. The van der Waals surface area contributed by atoms with E-state index < -0.39 is 12.0 Å². The largest absolute Gasteiger partial charge is 0.480 e. The number of hydrogen-bond donors (Lipinski definition) is 1. The lowest BCUT2D eigenvalue weighted by molar-refractivity contribution is -0.142. The van der Waals surface area contributed by atoms with Gasteiger partial charge in [-0.05, 0) is 43.0 Å². The first-order valence-electron chi connectivity index (χ1n) is 8.96. The Hall–Kier alpha value is -2.31. The molecule has 0 saturated carbocycles. The fraction of sp³-hybridized carbons (Fsp3) is 0.350. The fourth-order valence-electron chi connectivity index (χ4n) is 3.62. The van der Waals surface area contributed by atoms with Gasteiger partial charge in [-0.25, -0.2) is 4.98 Å². The number of aryl methyl sites for hydroxylation is 1. The van der Waals surface area contributed by atoms with Gasteiger partial charge >= 0.3 is 5.97 Å². The highest BCUT2D eigenvalue weighted by Gasteiger charge is 2.38. The topological polar surface area (TPSA) is 66.3 Å². The van der Waals surface area contributed by atoms with Crippen LogP contribution in [0.15, 0.2) is 42.6 Å². The lowest BCUT2D eigenvalue weighted by Gasteiger charge is -2.29. The number of benzene rings is 1. The zero-order valence-electron chi connectivity index (χ0n) is 14.6. The second-order valence-corrected chi connectivity index (χ2v) is 7.66. The van der Waals surface area contributed by atoms with E-state index in [1.807, 2.05) is 35.4 Å². The molecule has 2 unspecified atom stereocenters. The van der Waals surface area contributed by atoms with Crippen molar-refractivity contribution in [2.45, 2.75) is 38.3 Å². The highest BCUT2D eigenvalue weighted by atomic mass is 32.1. The Bertz CT molecular complexity index is 889. The molecule has 0 amide bonds. The minimum Gasteiger partial charge on any atom is -0.480 e. The molecule has 26 heavy (non-hydrogen) atoms. The third kappa shape index (κ3) is 3.10. The summed E-state index contributed by atoms with van der Waals surface area (Å²) in [7, 11) is 0. The Morgan fingerprint density at radius 1 is 1.35 bits per heavy atom. The average Bonchev–Trinajstić information content (AvgIpc) is 3.29. The summed E-state index contributed by atoms with van der Waals surface area (Å²) in [6, 6.07) is 11.4. The number of likely N-dealkylation sites (tertiary alicyclic amines) is 1. The molecular formula is C20H21N3O2S. The maximum absolute atomic E-state index is 11.8. The molecule has 3 heterocycles. The number of aliphatic carboxylic acids is 1. The summed E-state index contributed by atoms with van der Waals surface area (Å²) < 4.78 is 1.11. The van der Waals surface area contributed by atoms with Crippen LogP contribution in [0.5, 0.6) is 0 Å². The minimum absolute atomic E-state index is 0.220. The van der Waals surface area contributed by atoms with E-state index in [1.54, 1.807) is 11.3 Å². The Kier molecular flexibility index (Phi) is 4.70. The number of fused-ring (bicyclic) bond motifs is 1. The molecule has 134 valence electrons. The van der Waals surface area contributed by atoms with Crippen LogP contribution < -0.4 is 0 Å². The third-order valence-electron chi connectivity index (χ3n) is 4.99. The van der Waals surface area contributed by atoms with Gasteiger partial charge in [-0.2, -0.15) is 0 Å². The highest BCUT2D eigenvalue weighted by Crippen LogP contribution is 2.37. The van der Waals surface area contributed by atoms with Gasteiger partial charge in [0.25, 0.3) is 0 Å². The summed E-state index contributed by atoms with van der Waals surface area (Å²) in [6.07, 6.45) is 4.37. The molecule has 0 aliphatic carbocycles. The van der Waals surface area contributed by atoms with Crippen LogP contribution in [-0.4, -0.2) is 38.5 Å². The van der Waals surface area contributed by atoms with Gasteiger partial charge < -0.3 is 5.11 Å². The van der Waals surface area contributed by atoms with E-state index in [-0.39, 0.29) is 6.04 Å². The number of para-hydroxylation sites is 1. The molecule has 4 rings (SSSR count). The monoisotopic (exact) mass is 367 g/mol. The number of pyridine rings is 1. The van der Waals surface area contributed by atoms with Crippen LogP contribution in [0.3, 0.4) is 0 Å². The van der Waals surface area contributed by atoms with Crippen molar-refractivity contribution < 1.29 is 9.90 Å². The van der Waals surface area contributed by atoms with E-state index in [0.717, 1.165) is 40.3 Å². The predicted molar refractivity (Wildman–Crippen MR) is 102 cm³/mol. The number of carboxylic acid groups (broad SMARTS) is 1. The Labute approximate surface area is 156 Å². The number of rotatable bonds is 5. The molecule has 1 aliphatic heterocycles. The summed E-state index contributed by atoms with van der Waals surface area (Å²) >= 11 is 1.63. The molecule has 1 fully saturated rings. The molecule has 1 N–H and O–H groups in total. The van der Waals surface area contributed by atoms with Gasteiger partial charge in [-0.1, -0.05) is 25.1 Å². The van der Waals surface area contributed by atoms with Crippen molar-refractivity contribution in [1.29, 1.82) is 0 Å². The summed E-state index contributed by atoms with van der Waals surface area (Å²) in [4.78, 5) is 23.3. The number of hydrogen-bond acceptors (Lipinski definition) is 5. The fourth-order valence-corrected chi connectivity index (χ4v) is 4.72. The van der Waals surface area contributed by atoms with E-state index in [4.69, 9.17) is 4.98 Å². The van der Waals surface area contributed by atoms with E-state index in [1.165, 1.54) is 5.56 Å². The minimum atomic E-state index is -0.765. The maximum Gasteiger partial charge on any atom is 0.320 e. The van der Waals surface area contributed by atoms with Crippen molar-refractivity contribution in [2.75, 3.05) is 6.54 Å². The van der Waals surface area contributed by atoms with Gasteiger partial charge in [-0.3, -0.25) is 14.7 Å². The third-order valence-corrected chi connectivity index (χ3v) is 6.08. The average molecular weight is 367 g/mol. The zero-order valence-corrected chi connectivity index (χ0v) is 15.4. The Balaban J connectivity index is 1.81. The van der Waals surface area contributed by atoms with Crippen LogP contribution in [-0.2, 0) is 11.2 Å². The molecule has 5 nitrogen and oxygen atoms in total. The Morgan fingerprint density at radius 2 is 2.19 bits per heavy atom. The molecule has 2 atom stereocenters. The van der Waals surface area contributed by atoms with Crippen molar-refractivity contribution in [3.63, 3.8) is 0 Å². The first kappa shape index (κ1) is 17.1. The summed E-state index contributed by atoms with van der Waals surface area (Å²) in [5.41, 5.74) is 3.00. The van der Waals surface area contributed by atoms with Crippen molar-refractivity contribution >= 4 is 27.5 Å². The van der Waals surface area contributed by atoms with Crippen molar-refractivity contribution in [1.82, 2.24) is 14.9 Å². The lowest BCUT2D eigenvalue weighted by atomic mass is 10.1. The molecule has 1 aliphatic rings. The van der Waals surface area contributed by atoms with Crippen LogP contribution in [0.25, 0.3) is 10.2 Å². The normalized spacial score (nSPS) is 19.0. The lowest BCUT2D eigenvalue weighted by Crippen LogP contribution is -2.39. The Morgan fingerprint density at radius 3 is 2.88 bits per heavy atom. The molecule has 6 heteroatoms. The molecule has 2 aromatic heterocycles. The predicted octanol–water partition coefficient (Wildman–Crippen LogP) is 3.89. The van der Waals surface area contributed by atoms with E-state index >= 15 is 0 Å². The van der Waals surface area contributed by atoms with E-state index in [2.05, 4.69) is 24.0 Å². The van der Waals surface area contributed by atoms with Gasteiger partial charge in [0.2, 0.25) is 0 Å². The van der Waals surface area contributed by atoms with Crippen LogP contribution in [0.1, 0.15) is 42.1 Å². The molecule has 0 bridgehead atoms. The van der Waals surface area contributed by atoms with Gasteiger partial charge in [0, 0.05) is 12.7 Å². The zero-order chi connectivity index (χ0) is 18.1. The molecule has 1 aromatic carbocycles. The highest BCUT2D eigenvalue weighted by molar-refractivity contribution is 7.18. The number of nitrogens with zero attached hydrogens (tertiary/aromatic N) is 3. The number of carbonyl (C=O) groups is 1. The summed E-state index contributed by atoms with van der Waals surface area (Å²) in [5, 5.41) is 10.6. The van der Waals surface area contributed by atoms with Crippen LogP contribution in [0.2, 0.25) is 0 Å². The number of carboxylic acids is 1. The van der Waals surface area contributed by atoms with E-state index in [9.17, 15) is 9.90 Å². The number of thiazole rings is 1. The van der Waals surface area contributed by atoms with Crippen LogP contribution in [0, 0.1) is 0 Å². The second kappa shape index (κ2) is 7.13. The van der Waals surface area contributed by atoms with Crippen LogP contribution >= 0.6 is 11.3 Å². The van der Waals surface area contributed by atoms with Crippen LogP contribution in [0.4, 0.5) is 0 Å². The molecule has 0 spiro atoms. The van der Waals surface area contributed by atoms with E-state index in [0.29, 0.717) is 6.42 Å². The van der Waals surface area contributed by atoms with Gasteiger partial charge in [0.15, 0.2) is 0 Å². The number of aromatic nitrogens is 2. The second-order valence-electron chi connectivity index (χ2n) is 6.60. The van der Waals surface area contributed by atoms with Crippen molar-refractivity contribution in [2.24, 2.45) is 0 Å². The smallest absolute Gasteiger partial charge is 0.320 e. The van der Waals surface area contributed by atoms with Gasteiger partial charge in [0.05, 0.1) is 15.9 Å². The molecule has 3 aromatic rings. The molecule has 0 radical (unpaired) electrons. The standard InChI is InChI=1S/C20H21N3O2S/c1-2-13-9-10-15(21-12-13)18(23-11-5-7-16(23)20(24)25)19-22-14-6-3-4-8-17(14)26-19/h3-4,6,8-10,12,16,18H,2,5,7,11H2,1H3,(H,24,25).